The highest BCUT2D eigenvalue weighted by atomic mass is 32.2. The summed E-state index contributed by atoms with van der Waals surface area (Å²) < 4.78 is 34.0. The van der Waals surface area contributed by atoms with Crippen LogP contribution >= 0.6 is 0 Å². The van der Waals surface area contributed by atoms with Crippen molar-refractivity contribution in [1.82, 2.24) is 9.97 Å². The maximum absolute atomic E-state index is 13.0. The van der Waals surface area contributed by atoms with Gasteiger partial charge in [-0.25, -0.2) is 13.4 Å². The van der Waals surface area contributed by atoms with Crippen LogP contribution in [0.5, 0.6) is 0 Å². The Labute approximate surface area is 193 Å². The van der Waals surface area contributed by atoms with Gasteiger partial charge in [-0.3, -0.25) is 4.72 Å². The number of ether oxygens (including phenoxy) is 1. The highest BCUT2D eigenvalue weighted by molar-refractivity contribution is 7.92. The van der Waals surface area contributed by atoms with E-state index in [0.29, 0.717) is 24.7 Å². The summed E-state index contributed by atoms with van der Waals surface area (Å²) in [6, 6.07) is 24.1. The molecule has 7 nitrogen and oxygen atoms in total. The average Bonchev–Trinajstić information content (AvgIpc) is 3.36. The lowest BCUT2D eigenvalue weighted by Crippen LogP contribution is -2.36. The van der Waals surface area contributed by atoms with E-state index >= 15 is 0 Å². The molecular weight excluding hydrogens is 436 g/mol. The van der Waals surface area contributed by atoms with Crippen molar-refractivity contribution in [2.75, 3.05) is 35.9 Å². The molecule has 2 N–H and O–H groups in total. The summed E-state index contributed by atoms with van der Waals surface area (Å²) >= 11 is 0. The summed E-state index contributed by atoms with van der Waals surface area (Å²) in [6.45, 7) is 2.97. The molecule has 0 unspecified atom stereocenters. The van der Waals surface area contributed by atoms with Gasteiger partial charge in [-0.05, 0) is 42.0 Å². The topological polar surface area (TPSA) is 87.3 Å². The molecule has 168 valence electrons. The van der Waals surface area contributed by atoms with Crippen LogP contribution in [-0.4, -0.2) is 44.7 Å². The van der Waals surface area contributed by atoms with Gasteiger partial charge < -0.3 is 14.6 Å². The Balaban J connectivity index is 1.33. The fourth-order valence-corrected chi connectivity index (χ4v) is 4.88. The first kappa shape index (κ1) is 21.2. The van der Waals surface area contributed by atoms with Crippen molar-refractivity contribution in [1.29, 1.82) is 0 Å². The van der Waals surface area contributed by atoms with Crippen LogP contribution in [0.3, 0.4) is 0 Å². The Bertz CT molecular complexity index is 1330. The number of rotatable bonds is 6. The third-order valence-corrected chi connectivity index (χ3v) is 6.97. The molecule has 0 amide bonds. The van der Waals surface area contributed by atoms with Crippen LogP contribution in [0, 0.1) is 0 Å². The second kappa shape index (κ2) is 9.09. The summed E-state index contributed by atoms with van der Waals surface area (Å²) in [4.78, 5) is 10.2. The number of H-pyrrole nitrogens is 1. The lowest BCUT2D eigenvalue weighted by atomic mass is 10.2. The van der Waals surface area contributed by atoms with E-state index in [1.165, 1.54) is 0 Å². The Hall–Kier alpha value is -3.62. The predicted octanol–water partition coefficient (Wildman–Crippen LogP) is 4.38. The van der Waals surface area contributed by atoms with Gasteiger partial charge in [-0.2, -0.15) is 0 Å². The van der Waals surface area contributed by atoms with E-state index in [9.17, 15) is 8.42 Å². The van der Waals surface area contributed by atoms with Crippen molar-refractivity contribution in [3.63, 3.8) is 0 Å². The van der Waals surface area contributed by atoms with Crippen molar-refractivity contribution in [2.24, 2.45) is 0 Å². The normalized spacial score (nSPS) is 14.2. The predicted molar refractivity (Wildman–Crippen MR) is 130 cm³/mol. The Kier molecular flexibility index (Phi) is 5.85. The Morgan fingerprint density at radius 3 is 2.36 bits per heavy atom. The monoisotopic (exact) mass is 460 g/mol. The number of hydrogen-bond acceptors (Lipinski definition) is 5. The zero-order chi connectivity index (χ0) is 22.7. The first-order valence-corrected chi connectivity index (χ1v) is 12.2. The summed E-state index contributed by atoms with van der Waals surface area (Å²) in [5.41, 5.74) is 4.19. The van der Waals surface area contributed by atoms with Gasteiger partial charge in [0.05, 0.1) is 30.0 Å². The van der Waals surface area contributed by atoms with Crippen molar-refractivity contribution < 1.29 is 13.2 Å². The molecule has 0 radical (unpaired) electrons. The minimum absolute atomic E-state index is 0.217. The first-order valence-electron chi connectivity index (χ1n) is 10.7. The highest BCUT2D eigenvalue weighted by Crippen LogP contribution is 2.26. The third-order valence-electron chi connectivity index (χ3n) is 5.57. The van der Waals surface area contributed by atoms with Crippen LogP contribution in [0.1, 0.15) is 0 Å². The van der Waals surface area contributed by atoms with E-state index in [1.54, 1.807) is 36.5 Å². The maximum atomic E-state index is 13.0. The number of imidazole rings is 1. The average molecular weight is 461 g/mol. The molecule has 1 aromatic heterocycles. The van der Waals surface area contributed by atoms with E-state index in [4.69, 9.17) is 4.74 Å². The molecule has 0 atom stereocenters. The molecule has 33 heavy (non-hydrogen) atoms. The van der Waals surface area contributed by atoms with Crippen LogP contribution in [-0.2, 0) is 14.8 Å². The SMILES string of the molecule is O=S(=O)(Nc1cccc(-c2ncc(-c3ccccc3)[nH]2)c1)c1ccc(N2CCOCC2)cc1. The van der Waals surface area contributed by atoms with Gasteiger partial charge in [0.15, 0.2) is 0 Å². The van der Waals surface area contributed by atoms with Gasteiger partial charge in [0, 0.05) is 30.0 Å². The molecule has 8 heteroatoms. The van der Waals surface area contributed by atoms with Gasteiger partial charge in [-0.1, -0.05) is 42.5 Å². The fraction of sp³-hybridized carbons (Fsp3) is 0.160. The van der Waals surface area contributed by atoms with Crippen molar-refractivity contribution >= 4 is 21.4 Å². The number of aromatic amines is 1. The largest absolute Gasteiger partial charge is 0.378 e. The minimum Gasteiger partial charge on any atom is -0.378 e. The number of nitrogens with zero attached hydrogens (tertiary/aromatic N) is 2. The lowest BCUT2D eigenvalue weighted by molar-refractivity contribution is 0.122. The number of morpholine rings is 1. The Morgan fingerprint density at radius 2 is 1.61 bits per heavy atom. The van der Waals surface area contributed by atoms with E-state index in [0.717, 1.165) is 35.6 Å². The molecule has 1 fully saturated rings. The number of benzene rings is 3. The lowest BCUT2D eigenvalue weighted by Gasteiger charge is -2.28. The van der Waals surface area contributed by atoms with Crippen LogP contribution in [0.2, 0.25) is 0 Å². The van der Waals surface area contributed by atoms with Gasteiger partial charge >= 0.3 is 0 Å². The summed E-state index contributed by atoms with van der Waals surface area (Å²) in [5.74, 6) is 0.671. The number of anilines is 2. The van der Waals surface area contributed by atoms with Crippen LogP contribution in [0.15, 0.2) is 90.0 Å². The molecule has 1 aliphatic heterocycles. The van der Waals surface area contributed by atoms with Gasteiger partial charge in [-0.15, -0.1) is 0 Å². The smallest absolute Gasteiger partial charge is 0.261 e. The van der Waals surface area contributed by atoms with E-state index in [-0.39, 0.29) is 4.90 Å². The molecule has 5 rings (SSSR count). The molecule has 4 aromatic rings. The molecular formula is C25H24N4O3S. The third kappa shape index (κ3) is 4.76. The van der Waals surface area contributed by atoms with Gasteiger partial charge in [0.1, 0.15) is 5.82 Å². The zero-order valence-corrected chi connectivity index (χ0v) is 18.8. The molecule has 0 bridgehead atoms. The molecule has 1 aliphatic rings. The van der Waals surface area contributed by atoms with Crippen LogP contribution < -0.4 is 9.62 Å². The highest BCUT2D eigenvalue weighted by Gasteiger charge is 2.17. The van der Waals surface area contributed by atoms with E-state index in [1.807, 2.05) is 48.5 Å². The summed E-state index contributed by atoms with van der Waals surface area (Å²) in [7, 11) is -3.72. The summed E-state index contributed by atoms with van der Waals surface area (Å²) in [5, 5.41) is 0. The summed E-state index contributed by atoms with van der Waals surface area (Å²) in [6.07, 6.45) is 1.78. The van der Waals surface area contributed by atoms with Gasteiger partial charge in [0.25, 0.3) is 10.0 Å². The molecule has 0 spiro atoms. The van der Waals surface area contributed by atoms with Crippen molar-refractivity contribution in [2.45, 2.75) is 4.90 Å². The molecule has 3 aromatic carbocycles. The van der Waals surface area contributed by atoms with Crippen molar-refractivity contribution in [3.8, 4) is 22.6 Å². The molecule has 1 saturated heterocycles. The molecule has 0 aliphatic carbocycles. The van der Waals surface area contributed by atoms with E-state index in [2.05, 4.69) is 19.6 Å². The molecule has 0 saturated carbocycles. The van der Waals surface area contributed by atoms with Crippen LogP contribution in [0.25, 0.3) is 22.6 Å². The number of sulfonamides is 1. The number of hydrogen-bond donors (Lipinski definition) is 2. The second-order valence-electron chi connectivity index (χ2n) is 7.79. The second-order valence-corrected chi connectivity index (χ2v) is 9.47. The standard InChI is InChI=1S/C25H24N4O3S/c30-33(31,23-11-9-22(10-12-23)29-13-15-32-16-14-29)28-21-8-4-7-20(17-21)25-26-18-24(27-25)19-5-2-1-3-6-19/h1-12,17-18,28H,13-16H2,(H,26,27). The van der Waals surface area contributed by atoms with Gasteiger partial charge in [0.2, 0.25) is 0 Å². The zero-order valence-electron chi connectivity index (χ0n) is 17.9. The minimum atomic E-state index is -3.72. The van der Waals surface area contributed by atoms with E-state index < -0.39 is 10.0 Å². The molecule has 2 heterocycles. The maximum Gasteiger partial charge on any atom is 0.261 e. The number of nitrogens with one attached hydrogen (secondary N) is 2. The fourth-order valence-electron chi connectivity index (χ4n) is 3.83. The number of aromatic nitrogens is 2. The quantitative estimate of drug-likeness (QED) is 0.446. The first-order chi connectivity index (χ1) is 16.1. The van der Waals surface area contributed by atoms with Crippen molar-refractivity contribution in [3.05, 3.63) is 85.1 Å². The Morgan fingerprint density at radius 1 is 0.879 bits per heavy atom. The van der Waals surface area contributed by atoms with Crippen LogP contribution in [0.4, 0.5) is 11.4 Å².